The zero-order chi connectivity index (χ0) is 23.2. The molecule has 5 nitrogen and oxygen atoms in total. The molecule has 0 aliphatic heterocycles. The summed E-state index contributed by atoms with van der Waals surface area (Å²) < 4.78 is 42.5. The number of nitrogens with zero attached hydrogens (tertiary/aromatic N) is 3. The second-order valence-corrected chi connectivity index (χ2v) is 7.82. The van der Waals surface area contributed by atoms with E-state index in [1.807, 2.05) is 36.5 Å². The van der Waals surface area contributed by atoms with Gasteiger partial charge in [-0.25, -0.2) is 0 Å². The predicted octanol–water partition coefficient (Wildman–Crippen LogP) is 5.47. The van der Waals surface area contributed by atoms with Crippen molar-refractivity contribution in [3.05, 3.63) is 95.7 Å². The van der Waals surface area contributed by atoms with E-state index < -0.39 is 11.7 Å². The summed E-state index contributed by atoms with van der Waals surface area (Å²) in [6.45, 7) is 0.409. The standard InChI is InChI=1S/C25H19F3N4O/c1-31-15-21-20-13-17(24(33)29-14-16-5-3-2-4-6-16)7-12-22(20)32(23(21)30-31)19-10-8-18(9-11-19)25(26,27)28/h2-13,15H,14H2,1H3,(H,29,33). The minimum absolute atomic E-state index is 0.208. The first kappa shape index (κ1) is 20.8. The summed E-state index contributed by atoms with van der Waals surface area (Å²) in [5.74, 6) is -0.208. The lowest BCUT2D eigenvalue weighted by Gasteiger charge is -2.10. The fourth-order valence-corrected chi connectivity index (χ4v) is 3.98. The minimum Gasteiger partial charge on any atom is -0.348 e. The lowest BCUT2D eigenvalue weighted by molar-refractivity contribution is -0.137. The quantitative estimate of drug-likeness (QED) is 0.397. The van der Waals surface area contributed by atoms with Crippen LogP contribution in [0.4, 0.5) is 13.2 Å². The Hall–Kier alpha value is -4.07. The summed E-state index contributed by atoms with van der Waals surface area (Å²) in [4.78, 5) is 12.8. The normalized spacial score (nSPS) is 11.9. The highest BCUT2D eigenvalue weighted by Gasteiger charge is 2.30. The number of benzene rings is 3. The van der Waals surface area contributed by atoms with Crippen molar-refractivity contribution < 1.29 is 18.0 Å². The molecule has 166 valence electrons. The third-order valence-electron chi connectivity index (χ3n) is 5.56. The molecule has 3 aromatic carbocycles. The molecular formula is C25H19F3N4O. The van der Waals surface area contributed by atoms with Gasteiger partial charge in [0, 0.05) is 41.8 Å². The molecule has 1 N–H and O–H groups in total. The fraction of sp³-hybridized carbons (Fsp3) is 0.120. The molecule has 0 saturated carbocycles. The lowest BCUT2D eigenvalue weighted by Crippen LogP contribution is -2.22. The molecule has 0 aliphatic rings. The van der Waals surface area contributed by atoms with Crippen molar-refractivity contribution in [2.75, 3.05) is 0 Å². The summed E-state index contributed by atoms with van der Waals surface area (Å²) in [6.07, 6.45) is -2.57. The van der Waals surface area contributed by atoms with Gasteiger partial charge in [-0.1, -0.05) is 30.3 Å². The lowest BCUT2D eigenvalue weighted by atomic mass is 10.1. The van der Waals surface area contributed by atoms with Gasteiger partial charge in [0.05, 0.1) is 11.1 Å². The molecule has 1 amide bonds. The van der Waals surface area contributed by atoms with E-state index in [0.29, 0.717) is 23.4 Å². The average molecular weight is 448 g/mol. The molecule has 0 spiro atoms. The molecule has 0 fully saturated rings. The van der Waals surface area contributed by atoms with Gasteiger partial charge in [-0.05, 0) is 48.0 Å². The maximum atomic E-state index is 13.0. The van der Waals surface area contributed by atoms with Crippen molar-refractivity contribution in [3.63, 3.8) is 0 Å². The first-order chi connectivity index (χ1) is 15.8. The number of aromatic nitrogens is 3. The molecule has 0 bridgehead atoms. The van der Waals surface area contributed by atoms with Crippen LogP contribution in [0.15, 0.2) is 79.0 Å². The zero-order valence-electron chi connectivity index (χ0n) is 17.6. The van der Waals surface area contributed by atoms with E-state index in [2.05, 4.69) is 10.4 Å². The molecule has 0 aliphatic carbocycles. The van der Waals surface area contributed by atoms with Crippen LogP contribution in [0.1, 0.15) is 21.5 Å². The van der Waals surface area contributed by atoms with E-state index in [0.717, 1.165) is 34.0 Å². The van der Waals surface area contributed by atoms with E-state index in [4.69, 9.17) is 0 Å². The first-order valence-corrected chi connectivity index (χ1v) is 10.3. The van der Waals surface area contributed by atoms with Gasteiger partial charge in [0.1, 0.15) is 0 Å². The molecule has 0 atom stereocenters. The van der Waals surface area contributed by atoms with Crippen molar-refractivity contribution in [2.45, 2.75) is 12.7 Å². The highest BCUT2D eigenvalue weighted by Crippen LogP contribution is 2.34. The Labute approximate surface area is 187 Å². The second kappa shape index (κ2) is 7.81. The third-order valence-corrected chi connectivity index (χ3v) is 5.56. The average Bonchev–Trinajstić information content (AvgIpc) is 3.32. The minimum atomic E-state index is -4.40. The van der Waals surface area contributed by atoms with E-state index in [9.17, 15) is 18.0 Å². The van der Waals surface area contributed by atoms with Crippen molar-refractivity contribution in [1.29, 1.82) is 0 Å². The Morgan fingerprint density at radius 2 is 1.70 bits per heavy atom. The summed E-state index contributed by atoms with van der Waals surface area (Å²) in [6, 6.07) is 19.9. The van der Waals surface area contributed by atoms with E-state index in [1.54, 1.807) is 34.5 Å². The highest BCUT2D eigenvalue weighted by molar-refractivity contribution is 6.10. The molecule has 5 rings (SSSR count). The SMILES string of the molecule is Cn1cc2c3cc(C(=O)NCc4ccccc4)ccc3n(-c3ccc(C(F)(F)F)cc3)c2n1. The summed E-state index contributed by atoms with van der Waals surface area (Å²) >= 11 is 0. The number of fused-ring (bicyclic) bond motifs is 3. The predicted molar refractivity (Wildman–Crippen MR) is 120 cm³/mol. The van der Waals surface area contributed by atoms with Gasteiger partial charge in [-0.15, -0.1) is 0 Å². The molecule has 5 aromatic rings. The number of rotatable bonds is 4. The van der Waals surface area contributed by atoms with Crippen LogP contribution in [0.3, 0.4) is 0 Å². The number of hydrogen-bond donors (Lipinski definition) is 1. The highest BCUT2D eigenvalue weighted by atomic mass is 19.4. The van der Waals surface area contributed by atoms with Crippen LogP contribution in [0.5, 0.6) is 0 Å². The van der Waals surface area contributed by atoms with Gasteiger partial charge >= 0.3 is 6.18 Å². The zero-order valence-corrected chi connectivity index (χ0v) is 17.6. The van der Waals surface area contributed by atoms with Gasteiger partial charge in [-0.2, -0.15) is 18.3 Å². The molecular weight excluding hydrogens is 429 g/mol. The van der Waals surface area contributed by atoms with Gasteiger partial charge in [0.15, 0.2) is 5.65 Å². The monoisotopic (exact) mass is 448 g/mol. The Morgan fingerprint density at radius 1 is 0.970 bits per heavy atom. The van der Waals surface area contributed by atoms with Crippen LogP contribution >= 0.6 is 0 Å². The second-order valence-electron chi connectivity index (χ2n) is 7.82. The van der Waals surface area contributed by atoms with E-state index in [1.165, 1.54) is 12.1 Å². The maximum absolute atomic E-state index is 13.0. The van der Waals surface area contributed by atoms with Crippen LogP contribution in [0, 0.1) is 0 Å². The molecule has 0 saturated heterocycles. The Bertz CT molecular complexity index is 1470. The van der Waals surface area contributed by atoms with Crippen molar-refractivity contribution in [2.24, 2.45) is 7.05 Å². The Morgan fingerprint density at radius 3 is 2.39 bits per heavy atom. The number of carbonyl (C=O) groups is 1. The van der Waals surface area contributed by atoms with Crippen LogP contribution in [-0.2, 0) is 19.8 Å². The number of aryl methyl sites for hydroxylation is 1. The molecule has 33 heavy (non-hydrogen) atoms. The van der Waals surface area contributed by atoms with Crippen LogP contribution in [0.25, 0.3) is 27.6 Å². The largest absolute Gasteiger partial charge is 0.416 e. The smallest absolute Gasteiger partial charge is 0.348 e. The Balaban J connectivity index is 1.55. The molecule has 8 heteroatoms. The number of halogens is 3. The van der Waals surface area contributed by atoms with Crippen LogP contribution in [0.2, 0.25) is 0 Å². The molecule has 0 radical (unpaired) electrons. The fourth-order valence-electron chi connectivity index (χ4n) is 3.98. The van der Waals surface area contributed by atoms with E-state index >= 15 is 0 Å². The van der Waals surface area contributed by atoms with Gasteiger partial charge < -0.3 is 5.32 Å². The summed E-state index contributed by atoms with van der Waals surface area (Å²) in [5.41, 5.74) is 2.70. The number of hydrogen-bond acceptors (Lipinski definition) is 2. The van der Waals surface area contributed by atoms with Gasteiger partial charge in [0.25, 0.3) is 5.91 Å². The van der Waals surface area contributed by atoms with Crippen LogP contribution in [-0.4, -0.2) is 20.3 Å². The first-order valence-electron chi connectivity index (χ1n) is 10.3. The third kappa shape index (κ3) is 3.84. The number of carbonyl (C=O) groups excluding carboxylic acids is 1. The molecule has 2 aromatic heterocycles. The summed E-state index contributed by atoms with van der Waals surface area (Å²) in [5, 5.41) is 9.03. The number of amides is 1. The van der Waals surface area contributed by atoms with Gasteiger partial charge in [0.2, 0.25) is 0 Å². The molecule has 2 heterocycles. The van der Waals surface area contributed by atoms with Crippen molar-refractivity contribution in [1.82, 2.24) is 19.7 Å². The van der Waals surface area contributed by atoms with Gasteiger partial charge in [-0.3, -0.25) is 14.0 Å². The van der Waals surface area contributed by atoms with Crippen molar-refractivity contribution >= 4 is 27.8 Å². The van der Waals surface area contributed by atoms with Crippen LogP contribution < -0.4 is 5.32 Å². The number of alkyl halides is 3. The summed E-state index contributed by atoms with van der Waals surface area (Å²) in [7, 11) is 1.78. The molecule has 0 unspecified atom stereocenters. The topological polar surface area (TPSA) is 51.9 Å². The number of nitrogens with one attached hydrogen (secondary N) is 1. The maximum Gasteiger partial charge on any atom is 0.416 e. The van der Waals surface area contributed by atoms with E-state index in [-0.39, 0.29) is 5.91 Å². The van der Waals surface area contributed by atoms with Crippen molar-refractivity contribution in [3.8, 4) is 5.69 Å². The Kier molecular flexibility index (Phi) is 4.92.